The second-order valence-corrected chi connectivity index (χ2v) is 9.24. The van der Waals surface area contributed by atoms with Gasteiger partial charge >= 0.3 is 6.09 Å². The lowest BCUT2D eigenvalue weighted by Crippen LogP contribution is -2.42. The Morgan fingerprint density at radius 2 is 2.09 bits per heavy atom. The summed E-state index contributed by atoms with van der Waals surface area (Å²) in [5.41, 5.74) is 2.63. The van der Waals surface area contributed by atoms with E-state index in [1.165, 1.54) is 0 Å². The van der Waals surface area contributed by atoms with E-state index in [0.29, 0.717) is 36.4 Å². The molecular weight excluding hydrogens is 428 g/mol. The van der Waals surface area contributed by atoms with Crippen molar-refractivity contribution in [3.05, 3.63) is 41.6 Å². The molecule has 1 fully saturated rings. The largest absolute Gasteiger partial charge is 0.507 e. The zero-order chi connectivity index (χ0) is 24.5. The third-order valence-corrected chi connectivity index (χ3v) is 5.91. The zero-order valence-electron chi connectivity index (χ0n) is 20.9. The van der Waals surface area contributed by atoms with Crippen molar-refractivity contribution >= 4 is 18.0 Å². The molecule has 0 unspecified atom stereocenters. The molecule has 7 nitrogen and oxygen atoms in total. The van der Waals surface area contributed by atoms with Gasteiger partial charge in [-0.3, -0.25) is 0 Å². The molecule has 0 aliphatic carbocycles. The Labute approximate surface area is 203 Å². The summed E-state index contributed by atoms with van der Waals surface area (Å²) >= 11 is 0. The number of allylic oxidation sites excluding steroid dienone is 1. The van der Waals surface area contributed by atoms with Crippen LogP contribution in [0, 0.1) is 11.8 Å². The van der Waals surface area contributed by atoms with Gasteiger partial charge in [-0.25, -0.2) is 14.8 Å². The molecule has 2 N–H and O–H groups in total. The molecule has 1 saturated heterocycles. The Bertz CT molecular complexity index is 990. The van der Waals surface area contributed by atoms with Crippen LogP contribution in [0.5, 0.6) is 5.75 Å². The van der Waals surface area contributed by atoms with Gasteiger partial charge < -0.3 is 20.1 Å². The van der Waals surface area contributed by atoms with Gasteiger partial charge in [-0.15, -0.1) is 0 Å². The first-order valence-corrected chi connectivity index (χ1v) is 12.4. The number of anilines is 1. The normalized spacial score (nSPS) is 16.3. The Hall–Kier alpha value is -3.09. The number of benzene rings is 1. The minimum absolute atomic E-state index is 0.174. The smallest absolute Gasteiger partial charge is 0.407 e. The Balaban J connectivity index is 1.87. The van der Waals surface area contributed by atoms with Crippen LogP contribution in [0.15, 0.2) is 30.3 Å². The molecule has 1 aliphatic rings. The van der Waals surface area contributed by atoms with Crippen LogP contribution in [0.25, 0.3) is 17.5 Å². The van der Waals surface area contributed by atoms with Crippen LogP contribution in [0.1, 0.15) is 58.2 Å². The highest BCUT2D eigenvalue weighted by Gasteiger charge is 2.25. The van der Waals surface area contributed by atoms with E-state index in [9.17, 15) is 9.90 Å². The summed E-state index contributed by atoms with van der Waals surface area (Å²) < 4.78 is 5.26. The number of alkyl carbamates (subject to hydrolysis) is 1. The third kappa shape index (κ3) is 6.72. The summed E-state index contributed by atoms with van der Waals surface area (Å²) in [7, 11) is 0. The summed E-state index contributed by atoms with van der Waals surface area (Å²) in [6, 6.07) is 7.19. The molecule has 1 aromatic carbocycles. The lowest BCUT2D eigenvalue weighted by Gasteiger charge is -2.35. The highest BCUT2D eigenvalue weighted by Crippen LogP contribution is 2.33. The highest BCUT2D eigenvalue weighted by atomic mass is 16.5. The molecule has 3 rings (SSSR count). The van der Waals surface area contributed by atoms with E-state index in [0.717, 1.165) is 55.8 Å². The van der Waals surface area contributed by atoms with Crippen LogP contribution in [0.3, 0.4) is 0 Å². The number of rotatable bonds is 9. The number of nitrogens with zero attached hydrogens (tertiary/aromatic N) is 3. The summed E-state index contributed by atoms with van der Waals surface area (Å²) in [6.07, 6.45) is 7.65. The van der Waals surface area contributed by atoms with Crippen molar-refractivity contribution in [2.45, 2.75) is 53.4 Å². The lowest BCUT2D eigenvalue weighted by molar-refractivity contribution is 0.131. The standard InChI is InChI=1S/C27H38N4O3/c1-5-7-12-21-23(6-2)29-25(22-13-8-9-14-24(22)32)30-26(21)31-15-10-11-20(17-31)16-28-27(33)34-18-19(3)4/h7-9,12-14,19-20,32H,5-6,10-11,15-18H2,1-4H3,(H,28,33)/b12-7-/t20-/m1/s1. The third-order valence-electron chi connectivity index (χ3n) is 5.91. The van der Waals surface area contributed by atoms with Gasteiger partial charge in [0.05, 0.1) is 17.9 Å². The SMILES string of the molecule is CC/C=C\c1c(CC)nc(-c2ccccc2O)nc1N1CCC[C@H](CNC(=O)OCC(C)C)C1. The average Bonchev–Trinajstić information content (AvgIpc) is 2.85. The average molecular weight is 467 g/mol. The maximum atomic E-state index is 12.0. The number of amides is 1. The molecule has 2 heterocycles. The van der Waals surface area contributed by atoms with Gasteiger partial charge in [0.15, 0.2) is 5.82 Å². The second kappa shape index (κ2) is 12.4. The number of ether oxygens (including phenoxy) is 1. The second-order valence-electron chi connectivity index (χ2n) is 9.24. The van der Waals surface area contributed by atoms with Gasteiger partial charge in [0.1, 0.15) is 11.6 Å². The molecule has 34 heavy (non-hydrogen) atoms. The fourth-order valence-electron chi connectivity index (χ4n) is 4.15. The van der Waals surface area contributed by atoms with E-state index >= 15 is 0 Å². The van der Waals surface area contributed by atoms with Crippen molar-refractivity contribution < 1.29 is 14.6 Å². The molecule has 0 spiro atoms. The number of piperidine rings is 1. The van der Waals surface area contributed by atoms with Crippen LogP contribution >= 0.6 is 0 Å². The quantitative estimate of drug-likeness (QED) is 0.512. The summed E-state index contributed by atoms with van der Waals surface area (Å²) in [4.78, 5) is 24.1. The maximum Gasteiger partial charge on any atom is 0.407 e. The number of aryl methyl sites for hydroxylation is 1. The zero-order valence-corrected chi connectivity index (χ0v) is 20.9. The monoisotopic (exact) mass is 466 g/mol. The number of phenolic OH excluding ortho intramolecular Hbond substituents is 1. The predicted octanol–water partition coefficient (Wildman–Crippen LogP) is 5.43. The van der Waals surface area contributed by atoms with Crippen molar-refractivity contribution in [2.24, 2.45) is 11.8 Å². The first-order chi connectivity index (χ1) is 16.4. The van der Waals surface area contributed by atoms with E-state index in [2.05, 4.69) is 36.2 Å². The molecule has 7 heteroatoms. The topological polar surface area (TPSA) is 87.6 Å². The summed E-state index contributed by atoms with van der Waals surface area (Å²) in [5, 5.41) is 13.4. The highest BCUT2D eigenvalue weighted by molar-refractivity contribution is 5.72. The number of aromatic hydroxyl groups is 1. The molecule has 2 aromatic rings. The van der Waals surface area contributed by atoms with E-state index < -0.39 is 0 Å². The summed E-state index contributed by atoms with van der Waals surface area (Å²) in [5.74, 6) is 2.22. The fraction of sp³-hybridized carbons (Fsp3) is 0.519. The fourth-order valence-corrected chi connectivity index (χ4v) is 4.15. The van der Waals surface area contributed by atoms with Gasteiger partial charge in [-0.2, -0.15) is 0 Å². The minimum atomic E-state index is -0.352. The number of hydrogen-bond acceptors (Lipinski definition) is 6. The van der Waals surface area contributed by atoms with Crippen molar-refractivity contribution in [3.63, 3.8) is 0 Å². The van der Waals surface area contributed by atoms with Crippen LogP contribution in [0.2, 0.25) is 0 Å². The van der Waals surface area contributed by atoms with Crippen LogP contribution in [-0.4, -0.2) is 47.4 Å². The van der Waals surface area contributed by atoms with Crippen molar-refractivity contribution in [1.82, 2.24) is 15.3 Å². The maximum absolute atomic E-state index is 12.0. The van der Waals surface area contributed by atoms with Crippen molar-refractivity contribution in [2.75, 3.05) is 31.1 Å². The summed E-state index contributed by atoms with van der Waals surface area (Å²) in [6.45, 7) is 10.9. The van der Waals surface area contributed by atoms with Gasteiger partial charge in [0.2, 0.25) is 0 Å². The van der Waals surface area contributed by atoms with Crippen molar-refractivity contribution in [3.8, 4) is 17.1 Å². The van der Waals surface area contributed by atoms with Crippen LogP contribution in [-0.2, 0) is 11.2 Å². The van der Waals surface area contributed by atoms with E-state index in [1.807, 2.05) is 26.0 Å². The molecule has 0 bridgehead atoms. The van der Waals surface area contributed by atoms with E-state index in [-0.39, 0.29) is 11.8 Å². The van der Waals surface area contributed by atoms with Gasteiger partial charge in [-0.05, 0) is 49.7 Å². The predicted molar refractivity (Wildman–Crippen MR) is 137 cm³/mol. The number of para-hydroxylation sites is 1. The number of nitrogens with one attached hydrogen (secondary N) is 1. The first kappa shape index (κ1) is 25.5. The molecule has 1 aromatic heterocycles. The number of hydrogen-bond donors (Lipinski definition) is 2. The van der Waals surface area contributed by atoms with Crippen molar-refractivity contribution in [1.29, 1.82) is 0 Å². The number of carbonyl (C=O) groups excluding carboxylic acids is 1. The molecule has 1 atom stereocenters. The Kier molecular flexibility index (Phi) is 9.31. The molecule has 1 aliphatic heterocycles. The van der Waals surface area contributed by atoms with Gasteiger partial charge in [0.25, 0.3) is 0 Å². The molecular formula is C27H38N4O3. The van der Waals surface area contributed by atoms with Crippen LogP contribution < -0.4 is 10.2 Å². The van der Waals surface area contributed by atoms with E-state index in [4.69, 9.17) is 14.7 Å². The molecule has 184 valence electrons. The molecule has 0 saturated carbocycles. The molecule has 1 amide bonds. The number of carbonyl (C=O) groups is 1. The first-order valence-electron chi connectivity index (χ1n) is 12.4. The number of aromatic nitrogens is 2. The Morgan fingerprint density at radius 1 is 1.29 bits per heavy atom. The van der Waals surface area contributed by atoms with E-state index in [1.54, 1.807) is 12.1 Å². The lowest BCUT2D eigenvalue weighted by atomic mass is 9.97. The van der Waals surface area contributed by atoms with Gasteiger partial charge in [-0.1, -0.05) is 52.0 Å². The minimum Gasteiger partial charge on any atom is -0.507 e. The molecule has 0 radical (unpaired) electrons. The Morgan fingerprint density at radius 3 is 2.79 bits per heavy atom. The van der Waals surface area contributed by atoms with Gasteiger partial charge in [0, 0.05) is 25.2 Å². The number of phenols is 1. The van der Waals surface area contributed by atoms with Crippen LogP contribution in [0.4, 0.5) is 10.6 Å².